The number of rotatable bonds is 9. The summed E-state index contributed by atoms with van der Waals surface area (Å²) in [6.45, 7) is 4.50. The maximum atomic E-state index is 6.07. The first kappa shape index (κ1) is 20.5. The topological polar surface area (TPSA) is 30.5 Å². The second kappa shape index (κ2) is 10.4. The fourth-order valence-electron chi connectivity index (χ4n) is 2.79. The van der Waals surface area contributed by atoms with Crippen molar-refractivity contribution in [1.82, 2.24) is 5.32 Å². The highest BCUT2D eigenvalue weighted by Gasteiger charge is 2.08. The molecule has 0 aromatic heterocycles. The van der Waals surface area contributed by atoms with Gasteiger partial charge in [-0.25, -0.2) is 0 Å². The average molecular weight is 416 g/mol. The predicted octanol–water partition coefficient (Wildman–Crippen LogP) is 6.26. The largest absolute Gasteiger partial charge is 0.490 e. The van der Waals surface area contributed by atoms with Crippen molar-refractivity contribution in [3.63, 3.8) is 0 Å². The molecule has 0 saturated carbocycles. The third-order valence-electron chi connectivity index (χ3n) is 4.19. The van der Waals surface area contributed by atoms with Crippen LogP contribution in [0.3, 0.4) is 0 Å². The summed E-state index contributed by atoms with van der Waals surface area (Å²) in [5, 5.41) is 4.51. The van der Waals surface area contributed by atoms with E-state index in [0.29, 0.717) is 29.0 Å². The van der Waals surface area contributed by atoms with E-state index in [1.54, 1.807) is 6.07 Å². The summed E-state index contributed by atoms with van der Waals surface area (Å²) >= 11 is 12.0. The van der Waals surface area contributed by atoms with Gasteiger partial charge in [-0.2, -0.15) is 0 Å². The molecule has 3 aromatic rings. The Bertz CT molecular complexity index is 900. The molecule has 3 aromatic carbocycles. The van der Waals surface area contributed by atoms with Crippen molar-refractivity contribution in [2.75, 3.05) is 6.61 Å². The first-order valence-corrected chi connectivity index (χ1v) is 9.98. The lowest BCUT2D eigenvalue weighted by Gasteiger charge is -2.14. The van der Waals surface area contributed by atoms with Gasteiger partial charge in [0.2, 0.25) is 0 Å². The quantitative estimate of drug-likeness (QED) is 0.447. The second-order valence-electron chi connectivity index (χ2n) is 6.34. The van der Waals surface area contributed by atoms with Crippen LogP contribution in [0.1, 0.15) is 23.6 Å². The van der Waals surface area contributed by atoms with Crippen LogP contribution in [0.15, 0.2) is 66.7 Å². The van der Waals surface area contributed by atoms with Gasteiger partial charge in [-0.15, -0.1) is 0 Å². The Morgan fingerprint density at radius 1 is 0.714 bits per heavy atom. The van der Waals surface area contributed by atoms with Gasteiger partial charge in [-0.05, 0) is 47.9 Å². The van der Waals surface area contributed by atoms with E-state index in [1.807, 2.05) is 55.5 Å². The fraction of sp³-hybridized carbons (Fsp3) is 0.217. The van der Waals surface area contributed by atoms with Crippen molar-refractivity contribution in [1.29, 1.82) is 0 Å². The molecular formula is C23H23Cl2NO2. The lowest BCUT2D eigenvalue weighted by molar-refractivity contribution is 0.269. The summed E-state index contributed by atoms with van der Waals surface area (Å²) in [7, 11) is 0. The van der Waals surface area contributed by atoms with Crippen molar-refractivity contribution in [3.05, 3.63) is 93.5 Å². The Morgan fingerprint density at radius 2 is 1.46 bits per heavy atom. The fourth-order valence-corrected chi connectivity index (χ4v) is 3.11. The molecular weight excluding hydrogens is 393 g/mol. The van der Waals surface area contributed by atoms with Crippen LogP contribution in [0.2, 0.25) is 10.0 Å². The molecule has 0 spiro atoms. The van der Waals surface area contributed by atoms with Crippen molar-refractivity contribution >= 4 is 23.2 Å². The molecule has 0 heterocycles. The highest BCUT2D eigenvalue weighted by molar-refractivity contribution is 6.42. The molecule has 146 valence electrons. The van der Waals surface area contributed by atoms with Crippen LogP contribution < -0.4 is 14.8 Å². The molecule has 3 rings (SSSR count). The van der Waals surface area contributed by atoms with E-state index in [2.05, 4.69) is 17.4 Å². The van der Waals surface area contributed by atoms with Crippen molar-refractivity contribution in [2.45, 2.75) is 26.6 Å². The van der Waals surface area contributed by atoms with Gasteiger partial charge in [-0.1, -0.05) is 65.7 Å². The summed E-state index contributed by atoms with van der Waals surface area (Å²) in [6.07, 6.45) is 0. The monoisotopic (exact) mass is 415 g/mol. The minimum atomic E-state index is 0.391. The van der Waals surface area contributed by atoms with Crippen LogP contribution in [0.25, 0.3) is 0 Å². The van der Waals surface area contributed by atoms with E-state index in [-0.39, 0.29) is 0 Å². The Labute approximate surface area is 176 Å². The zero-order valence-corrected chi connectivity index (χ0v) is 17.3. The van der Waals surface area contributed by atoms with Crippen LogP contribution in [-0.2, 0) is 19.7 Å². The summed E-state index contributed by atoms with van der Waals surface area (Å²) in [5.41, 5.74) is 3.35. The van der Waals surface area contributed by atoms with E-state index in [0.717, 1.165) is 30.0 Å². The van der Waals surface area contributed by atoms with Gasteiger partial charge in [0.05, 0.1) is 16.7 Å². The Morgan fingerprint density at radius 3 is 2.21 bits per heavy atom. The molecule has 0 unspecified atom stereocenters. The zero-order chi connectivity index (χ0) is 19.8. The van der Waals surface area contributed by atoms with Crippen molar-refractivity contribution < 1.29 is 9.47 Å². The standard InChI is InChI=1S/C23H23Cl2NO2/c1-2-27-23-13-18(15-26-14-17-6-4-3-5-7-17)9-11-22(23)28-16-19-8-10-20(24)21(25)12-19/h3-13,26H,2,14-16H2,1H3. The number of halogens is 2. The highest BCUT2D eigenvalue weighted by atomic mass is 35.5. The van der Waals surface area contributed by atoms with E-state index in [4.69, 9.17) is 32.7 Å². The van der Waals surface area contributed by atoms with Gasteiger partial charge in [-0.3, -0.25) is 0 Å². The van der Waals surface area contributed by atoms with Gasteiger partial charge in [0.1, 0.15) is 6.61 Å². The van der Waals surface area contributed by atoms with Crippen LogP contribution >= 0.6 is 23.2 Å². The molecule has 0 amide bonds. The van der Waals surface area contributed by atoms with Crippen LogP contribution in [-0.4, -0.2) is 6.61 Å². The Hall–Kier alpha value is -2.20. The maximum absolute atomic E-state index is 6.07. The normalized spacial score (nSPS) is 10.7. The summed E-state index contributed by atoms with van der Waals surface area (Å²) in [4.78, 5) is 0. The van der Waals surface area contributed by atoms with Gasteiger partial charge in [0, 0.05) is 13.1 Å². The van der Waals surface area contributed by atoms with E-state index >= 15 is 0 Å². The first-order chi connectivity index (χ1) is 13.7. The zero-order valence-electron chi connectivity index (χ0n) is 15.8. The van der Waals surface area contributed by atoms with Gasteiger partial charge in [0.25, 0.3) is 0 Å². The molecule has 0 saturated heterocycles. The molecule has 0 aliphatic heterocycles. The van der Waals surface area contributed by atoms with Crippen LogP contribution in [0.5, 0.6) is 11.5 Å². The van der Waals surface area contributed by atoms with Crippen molar-refractivity contribution in [2.24, 2.45) is 0 Å². The SMILES string of the molecule is CCOc1cc(CNCc2ccccc2)ccc1OCc1ccc(Cl)c(Cl)c1. The van der Waals surface area contributed by atoms with Crippen molar-refractivity contribution in [3.8, 4) is 11.5 Å². The smallest absolute Gasteiger partial charge is 0.161 e. The summed E-state index contributed by atoms with van der Waals surface area (Å²) < 4.78 is 11.7. The molecule has 0 aliphatic carbocycles. The maximum Gasteiger partial charge on any atom is 0.161 e. The first-order valence-electron chi connectivity index (χ1n) is 9.23. The number of hydrogen-bond donors (Lipinski definition) is 1. The van der Waals surface area contributed by atoms with Gasteiger partial charge >= 0.3 is 0 Å². The molecule has 0 atom stereocenters. The number of nitrogens with one attached hydrogen (secondary N) is 1. The second-order valence-corrected chi connectivity index (χ2v) is 7.15. The minimum absolute atomic E-state index is 0.391. The number of ether oxygens (including phenoxy) is 2. The third kappa shape index (κ3) is 5.90. The molecule has 3 nitrogen and oxygen atoms in total. The molecule has 0 aliphatic rings. The average Bonchev–Trinajstić information content (AvgIpc) is 2.71. The molecule has 0 fully saturated rings. The molecule has 0 radical (unpaired) electrons. The summed E-state index contributed by atoms with van der Waals surface area (Å²) in [6, 6.07) is 21.8. The predicted molar refractivity (Wildman–Crippen MR) is 115 cm³/mol. The highest BCUT2D eigenvalue weighted by Crippen LogP contribution is 2.30. The molecule has 1 N–H and O–H groups in total. The number of hydrogen-bond acceptors (Lipinski definition) is 3. The Kier molecular flexibility index (Phi) is 7.61. The molecule has 0 bridgehead atoms. The lowest BCUT2D eigenvalue weighted by Crippen LogP contribution is -2.12. The molecule has 5 heteroatoms. The minimum Gasteiger partial charge on any atom is -0.490 e. The Balaban J connectivity index is 1.62. The van der Waals surface area contributed by atoms with E-state index in [1.165, 1.54) is 5.56 Å². The summed E-state index contributed by atoms with van der Waals surface area (Å²) in [5.74, 6) is 1.45. The lowest BCUT2D eigenvalue weighted by atomic mass is 10.2. The third-order valence-corrected chi connectivity index (χ3v) is 4.93. The van der Waals surface area contributed by atoms with Gasteiger partial charge < -0.3 is 14.8 Å². The number of benzene rings is 3. The van der Waals surface area contributed by atoms with E-state index in [9.17, 15) is 0 Å². The van der Waals surface area contributed by atoms with Crippen LogP contribution in [0.4, 0.5) is 0 Å². The molecule has 28 heavy (non-hydrogen) atoms. The van der Waals surface area contributed by atoms with Gasteiger partial charge in [0.15, 0.2) is 11.5 Å². The van der Waals surface area contributed by atoms with Crippen LogP contribution in [0, 0.1) is 0 Å². The van der Waals surface area contributed by atoms with E-state index < -0.39 is 0 Å².